The molecule has 2 aromatic heterocycles. The third-order valence-corrected chi connectivity index (χ3v) is 3.03. The first-order chi connectivity index (χ1) is 10.1. The molecule has 0 aliphatic carbocycles. The summed E-state index contributed by atoms with van der Waals surface area (Å²) in [5.41, 5.74) is 5.40. The Bertz CT molecular complexity index is 649. The Kier molecular flexibility index (Phi) is 4.78. The lowest BCUT2D eigenvalue weighted by molar-refractivity contribution is 0.0955. The monoisotopic (exact) mass is 287 g/mol. The third kappa shape index (κ3) is 3.51. The van der Waals surface area contributed by atoms with Crippen molar-refractivity contribution in [1.82, 2.24) is 20.2 Å². The number of rotatable bonds is 5. The molecule has 1 amide bonds. The van der Waals surface area contributed by atoms with Gasteiger partial charge in [-0.3, -0.25) is 14.5 Å². The van der Waals surface area contributed by atoms with Gasteiger partial charge in [-0.1, -0.05) is 0 Å². The minimum absolute atomic E-state index is 0.0241. The molecule has 2 aromatic rings. The normalized spacial score (nSPS) is 11.0. The molecule has 2 rings (SSSR count). The average molecular weight is 287 g/mol. The van der Waals surface area contributed by atoms with Crippen LogP contribution in [0.3, 0.4) is 0 Å². The van der Waals surface area contributed by atoms with E-state index in [2.05, 4.69) is 20.6 Å². The Morgan fingerprint density at radius 2 is 2.33 bits per heavy atom. The van der Waals surface area contributed by atoms with Crippen LogP contribution in [-0.2, 0) is 6.54 Å². The topological polar surface area (TPSA) is 92.4 Å². The lowest BCUT2D eigenvalue weighted by atomic mass is 10.2. The molecule has 7 heteroatoms. The standard InChI is InChI=1S/C14H17N5O2/c1-10-13(11(2)19(18-10)6-7-20)9-16-17-14(21)12-4-3-5-15-8-12/h3-5,8-9,20H,6-7H2,1-2H3,(H,17,21)/b16-9+. The van der Waals surface area contributed by atoms with E-state index in [0.717, 1.165) is 17.0 Å². The first-order valence-electron chi connectivity index (χ1n) is 6.51. The highest BCUT2D eigenvalue weighted by Crippen LogP contribution is 2.10. The molecule has 0 saturated heterocycles. The van der Waals surface area contributed by atoms with Gasteiger partial charge < -0.3 is 5.11 Å². The molecule has 2 N–H and O–H groups in total. The summed E-state index contributed by atoms with van der Waals surface area (Å²) in [6.07, 6.45) is 4.63. The molecule has 0 aromatic carbocycles. The fourth-order valence-electron chi connectivity index (χ4n) is 1.93. The van der Waals surface area contributed by atoms with Crippen LogP contribution in [-0.4, -0.2) is 38.6 Å². The number of aromatic nitrogens is 3. The maximum Gasteiger partial charge on any atom is 0.272 e. The van der Waals surface area contributed by atoms with Gasteiger partial charge in [-0.05, 0) is 26.0 Å². The average Bonchev–Trinajstić information content (AvgIpc) is 2.76. The van der Waals surface area contributed by atoms with E-state index in [4.69, 9.17) is 5.11 Å². The Labute approximate surface area is 122 Å². The van der Waals surface area contributed by atoms with Crippen LogP contribution in [0.2, 0.25) is 0 Å². The number of carbonyl (C=O) groups is 1. The Hall–Kier alpha value is -2.54. The maximum absolute atomic E-state index is 11.8. The first-order valence-corrected chi connectivity index (χ1v) is 6.51. The summed E-state index contributed by atoms with van der Waals surface area (Å²) in [7, 11) is 0. The molecule has 0 atom stereocenters. The minimum Gasteiger partial charge on any atom is -0.394 e. The number of hydrogen-bond donors (Lipinski definition) is 2. The van der Waals surface area contributed by atoms with Gasteiger partial charge in [0.1, 0.15) is 0 Å². The van der Waals surface area contributed by atoms with E-state index in [9.17, 15) is 4.79 Å². The van der Waals surface area contributed by atoms with Crippen molar-refractivity contribution in [3.63, 3.8) is 0 Å². The number of nitrogens with zero attached hydrogens (tertiary/aromatic N) is 4. The lowest BCUT2D eigenvalue weighted by Crippen LogP contribution is -2.17. The molecule has 0 radical (unpaired) electrons. The van der Waals surface area contributed by atoms with Crippen LogP contribution in [0.1, 0.15) is 27.3 Å². The molecule has 0 aliphatic rings. The minimum atomic E-state index is -0.322. The van der Waals surface area contributed by atoms with Crippen molar-refractivity contribution in [3.8, 4) is 0 Å². The van der Waals surface area contributed by atoms with Gasteiger partial charge in [0.15, 0.2) is 0 Å². The van der Waals surface area contributed by atoms with Crippen LogP contribution in [0, 0.1) is 13.8 Å². The number of hydrogen-bond acceptors (Lipinski definition) is 5. The highest BCUT2D eigenvalue weighted by atomic mass is 16.3. The number of carbonyl (C=O) groups excluding carboxylic acids is 1. The van der Waals surface area contributed by atoms with Gasteiger partial charge >= 0.3 is 0 Å². The van der Waals surface area contributed by atoms with E-state index in [1.54, 1.807) is 29.2 Å². The highest BCUT2D eigenvalue weighted by molar-refractivity contribution is 5.94. The Balaban J connectivity index is 2.07. The predicted molar refractivity (Wildman–Crippen MR) is 78.1 cm³/mol. The van der Waals surface area contributed by atoms with Gasteiger partial charge in [0, 0.05) is 23.7 Å². The van der Waals surface area contributed by atoms with Crippen molar-refractivity contribution in [1.29, 1.82) is 0 Å². The van der Waals surface area contributed by atoms with Gasteiger partial charge in [0.25, 0.3) is 5.91 Å². The van der Waals surface area contributed by atoms with Gasteiger partial charge in [-0.15, -0.1) is 0 Å². The molecule has 2 heterocycles. The maximum atomic E-state index is 11.8. The van der Waals surface area contributed by atoms with Crippen molar-refractivity contribution in [2.75, 3.05) is 6.61 Å². The molecule has 0 fully saturated rings. The zero-order valence-electron chi connectivity index (χ0n) is 11.9. The lowest BCUT2D eigenvalue weighted by Gasteiger charge is -2.01. The highest BCUT2D eigenvalue weighted by Gasteiger charge is 2.09. The second-order valence-electron chi connectivity index (χ2n) is 4.47. The molecule has 0 spiro atoms. The third-order valence-electron chi connectivity index (χ3n) is 3.03. The molecular formula is C14H17N5O2. The van der Waals surface area contributed by atoms with Crippen molar-refractivity contribution in [3.05, 3.63) is 47.0 Å². The predicted octanol–water partition coefficient (Wildman–Crippen LogP) is 0.651. The number of nitrogens with one attached hydrogen (secondary N) is 1. The molecule has 0 aliphatic heterocycles. The van der Waals surface area contributed by atoms with Crippen molar-refractivity contribution < 1.29 is 9.90 Å². The second kappa shape index (κ2) is 6.76. The summed E-state index contributed by atoms with van der Waals surface area (Å²) in [6.45, 7) is 4.20. The van der Waals surface area contributed by atoms with Gasteiger partial charge in [0.2, 0.25) is 0 Å². The fourth-order valence-corrected chi connectivity index (χ4v) is 1.93. The van der Waals surface area contributed by atoms with Crippen LogP contribution < -0.4 is 5.43 Å². The van der Waals surface area contributed by atoms with Gasteiger partial charge in [-0.2, -0.15) is 10.2 Å². The van der Waals surface area contributed by atoms with E-state index in [1.807, 2.05) is 13.8 Å². The summed E-state index contributed by atoms with van der Waals surface area (Å²) in [4.78, 5) is 15.7. The van der Waals surface area contributed by atoms with E-state index in [0.29, 0.717) is 12.1 Å². The van der Waals surface area contributed by atoms with E-state index >= 15 is 0 Å². The summed E-state index contributed by atoms with van der Waals surface area (Å²) in [6, 6.07) is 3.35. The largest absolute Gasteiger partial charge is 0.394 e. The van der Waals surface area contributed by atoms with Crippen molar-refractivity contribution >= 4 is 12.1 Å². The van der Waals surface area contributed by atoms with Gasteiger partial charge in [-0.25, -0.2) is 5.43 Å². The number of aliphatic hydroxyl groups is 1. The number of hydrazone groups is 1. The zero-order chi connectivity index (χ0) is 15.2. The van der Waals surface area contributed by atoms with Crippen molar-refractivity contribution in [2.24, 2.45) is 5.10 Å². The molecule has 0 bridgehead atoms. The first kappa shape index (κ1) is 14.9. The van der Waals surface area contributed by atoms with Crippen LogP contribution in [0.15, 0.2) is 29.6 Å². The van der Waals surface area contributed by atoms with E-state index < -0.39 is 0 Å². The van der Waals surface area contributed by atoms with Crippen molar-refractivity contribution in [2.45, 2.75) is 20.4 Å². The van der Waals surface area contributed by atoms with E-state index in [1.165, 1.54) is 6.20 Å². The molecule has 7 nitrogen and oxygen atoms in total. The summed E-state index contributed by atoms with van der Waals surface area (Å²) >= 11 is 0. The molecule has 0 saturated carbocycles. The quantitative estimate of drug-likeness (QED) is 0.624. The number of aryl methyl sites for hydroxylation is 1. The van der Waals surface area contributed by atoms with Gasteiger partial charge in [0.05, 0.1) is 30.6 Å². The molecular weight excluding hydrogens is 270 g/mol. The number of pyridine rings is 1. The second-order valence-corrected chi connectivity index (χ2v) is 4.47. The number of amides is 1. The fraction of sp³-hybridized carbons (Fsp3) is 0.286. The summed E-state index contributed by atoms with van der Waals surface area (Å²) in [5.74, 6) is -0.322. The van der Waals surface area contributed by atoms with Crippen LogP contribution in [0.25, 0.3) is 0 Å². The zero-order valence-corrected chi connectivity index (χ0v) is 11.9. The molecule has 21 heavy (non-hydrogen) atoms. The Morgan fingerprint density at radius 1 is 1.52 bits per heavy atom. The smallest absolute Gasteiger partial charge is 0.272 e. The van der Waals surface area contributed by atoms with Crippen LogP contribution >= 0.6 is 0 Å². The summed E-state index contributed by atoms with van der Waals surface area (Å²) in [5, 5.41) is 17.2. The van der Waals surface area contributed by atoms with Crippen LogP contribution in [0.5, 0.6) is 0 Å². The number of aliphatic hydroxyl groups excluding tert-OH is 1. The van der Waals surface area contributed by atoms with E-state index in [-0.39, 0.29) is 12.5 Å². The molecule has 0 unspecified atom stereocenters. The summed E-state index contributed by atoms with van der Waals surface area (Å²) < 4.78 is 1.71. The van der Waals surface area contributed by atoms with Crippen LogP contribution in [0.4, 0.5) is 0 Å². The molecule has 110 valence electrons. The Morgan fingerprint density at radius 3 is 3.00 bits per heavy atom. The SMILES string of the molecule is Cc1nn(CCO)c(C)c1/C=N/NC(=O)c1cccnc1.